The van der Waals surface area contributed by atoms with E-state index in [1.54, 1.807) is 17.5 Å². The number of hydrogen-bond acceptors (Lipinski definition) is 6. The van der Waals surface area contributed by atoms with E-state index in [4.69, 9.17) is 0 Å². The highest BCUT2D eigenvalue weighted by atomic mass is 79.9. The Kier molecular flexibility index (Phi) is 5.70. The van der Waals surface area contributed by atoms with Crippen LogP contribution in [-0.2, 0) is 0 Å². The molecule has 0 saturated carbocycles. The number of halogens is 1. The molecule has 0 radical (unpaired) electrons. The number of likely N-dealkylation sites (N-methyl/N-ethyl adjacent to an activating group) is 1. The molecule has 1 N–H and O–H groups in total. The molecule has 8 heteroatoms. The first kappa shape index (κ1) is 19.0. The molecular formula is C20H20BrN5OS. The van der Waals surface area contributed by atoms with Gasteiger partial charge in [0.2, 0.25) is 5.95 Å². The first-order valence-corrected chi connectivity index (χ1v) is 10.6. The fourth-order valence-electron chi connectivity index (χ4n) is 3.03. The third-order valence-electron chi connectivity index (χ3n) is 4.66. The van der Waals surface area contributed by atoms with E-state index in [1.165, 1.54) is 0 Å². The number of carbonyl (C=O) groups excluding carboxylic acids is 1. The Hall–Kier alpha value is -2.29. The molecule has 0 unspecified atom stereocenters. The minimum absolute atomic E-state index is 0.0844. The first-order valence-electron chi connectivity index (χ1n) is 9.02. The lowest BCUT2D eigenvalue weighted by atomic mass is 10.1. The molecule has 28 heavy (non-hydrogen) atoms. The van der Waals surface area contributed by atoms with E-state index in [9.17, 15) is 4.79 Å². The summed E-state index contributed by atoms with van der Waals surface area (Å²) in [6, 6.07) is 13.4. The van der Waals surface area contributed by atoms with Crippen molar-refractivity contribution in [2.75, 3.05) is 38.5 Å². The number of hydrogen-bond donors (Lipinski definition) is 1. The number of anilines is 2. The largest absolute Gasteiger partial charge is 0.336 e. The summed E-state index contributed by atoms with van der Waals surface area (Å²) in [5, 5.41) is 3.21. The van der Waals surface area contributed by atoms with Gasteiger partial charge < -0.3 is 15.1 Å². The molecule has 3 heterocycles. The molecule has 0 aliphatic carbocycles. The normalized spacial score (nSPS) is 14.9. The molecule has 1 aliphatic rings. The second-order valence-corrected chi connectivity index (χ2v) is 9.13. The van der Waals surface area contributed by atoms with Gasteiger partial charge >= 0.3 is 0 Å². The molecule has 2 aromatic heterocycles. The zero-order valence-electron chi connectivity index (χ0n) is 15.4. The highest BCUT2D eigenvalue weighted by Gasteiger charge is 2.20. The molecular weight excluding hydrogens is 438 g/mol. The van der Waals surface area contributed by atoms with Gasteiger partial charge in [-0.3, -0.25) is 4.79 Å². The highest BCUT2D eigenvalue weighted by molar-refractivity contribution is 9.11. The summed E-state index contributed by atoms with van der Waals surface area (Å²) in [6.07, 6.45) is 1.74. The Balaban J connectivity index is 1.44. The van der Waals surface area contributed by atoms with Gasteiger partial charge in [-0.2, -0.15) is 0 Å². The van der Waals surface area contributed by atoms with E-state index in [-0.39, 0.29) is 5.91 Å². The Bertz CT molecular complexity index is 967. The summed E-state index contributed by atoms with van der Waals surface area (Å²) >= 11 is 5.11. The van der Waals surface area contributed by atoms with E-state index in [0.717, 1.165) is 46.2 Å². The third kappa shape index (κ3) is 4.40. The number of aromatic nitrogens is 2. The molecule has 144 valence electrons. The van der Waals surface area contributed by atoms with Crippen LogP contribution in [0.4, 0.5) is 11.6 Å². The van der Waals surface area contributed by atoms with Crippen molar-refractivity contribution in [3.8, 4) is 10.6 Å². The molecule has 0 spiro atoms. The Morgan fingerprint density at radius 1 is 1.07 bits per heavy atom. The Morgan fingerprint density at radius 3 is 2.50 bits per heavy atom. The summed E-state index contributed by atoms with van der Waals surface area (Å²) < 4.78 is 1.07. The molecule has 0 bridgehead atoms. The van der Waals surface area contributed by atoms with Crippen molar-refractivity contribution in [3.63, 3.8) is 0 Å². The van der Waals surface area contributed by atoms with E-state index < -0.39 is 0 Å². The summed E-state index contributed by atoms with van der Waals surface area (Å²) in [4.78, 5) is 26.7. The smallest absolute Gasteiger partial charge is 0.253 e. The van der Waals surface area contributed by atoms with Crippen LogP contribution >= 0.6 is 27.3 Å². The fourth-order valence-corrected chi connectivity index (χ4v) is 4.38. The van der Waals surface area contributed by atoms with Crippen LogP contribution in [0.5, 0.6) is 0 Å². The van der Waals surface area contributed by atoms with E-state index in [2.05, 4.69) is 43.2 Å². The maximum Gasteiger partial charge on any atom is 0.253 e. The summed E-state index contributed by atoms with van der Waals surface area (Å²) in [5.74, 6) is 0.612. The van der Waals surface area contributed by atoms with Crippen molar-refractivity contribution in [1.82, 2.24) is 19.8 Å². The number of thiophene rings is 1. The van der Waals surface area contributed by atoms with Gasteiger partial charge in [0.05, 0.1) is 14.4 Å². The summed E-state index contributed by atoms with van der Waals surface area (Å²) in [5.41, 5.74) is 2.42. The van der Waals surface area contributed by atoms with Crippen molar-refractivity contribution in [3.05, 3.63) is 58.0 Å². The number of piperazine rings is 1. The predicted molar refractivity (Wildman–Crippen MR) is 116 cm³/mol. The molecule has 1 aromatic carbocycles. The Labute approximate surface area is 176 Å². The molecule has 6 nitrogen and oxygen atoms in total. The third-order valence-corrected chi connectivity index (χ3v) is 6.31. The van der Waals surface area contributed by atoms with Gasteiger partial charge in [-0.15, -0.1) is 11.3 Å². The van der Waals surface area contributed by atoms with Crippen LogP contribution in [0, 0.1) is 0 Å². The van der Waals surface area contributed by atoms with Crippen molar-refractivity contribution < 1.29 is 4.79 Å². The maximum atomic E-state index is 12.6. The van der Waals surface area contributed by atoms with Crippen molar-refractivity contribution in [2.24, 2.45) is 0 Å². The van der Waals surface area contributed by atoms with Crippen LogP contribution in [0.15, 0.2) is 52.4 Å². The molecule has 4 rings (SSSR count). The fraction of sp³-hybridized carbons (Fsp3) is 0.250. The quantitative estimate of drug-likeness (QED) is 0.638. The standard InChI is InChI=1S/C20H20BrN5OS/c1-25-10-12-26(13-11-25)19(27)14-2-4-15(5-3-14)23-20-22-9-8-16(24-20)17-6-7-18(21)28-17/h2-9H,10-13H2,1H3,(H,22,23,24). The minimum atomic E-state index is 0.0844. The van der Waals surface area contributed by atoms with Crippen LogP contribution in [0.3, 0.4) is 0 Å². The van der Waals surface area contributed by atoms with Gasteiger partial charge in [0.15, 0.2) is 0 Å². The molecule has 1 fully saturated rings. The van der Waals surface area contributed by atoms with Gasteiger partial charge in [0, 0.05) is 43.6 Å². The minimum Gasteiger partial charge on any atom is -0.336 e. The van der Waals surface area contributed by atoms with Crippen molar-refractivity contribution >= 4 is 44.8 Å². The van der Waals surface area contributed by atoms with Crippen molar-refractivity contribution in [1.29, 1.82) is 0 Å². The van der Waals surface area contributed by atoms with Gasteiger partial charge in [-0.1, -0.05) is 0 Å². The zero-order chi connectivity index (χ0) is 19.5. The van der Waals surface area contributed by atoms with Gasteiger partial charge in [-0.05, 0) is 65.4 Å². The molecule has 1 amide bonds. The number of carbonyl (C=O) groups is 1. The predicted octanol–water partition coefficient (Wildman–Crippen LogP) is 4.10. The van der Waals surface area contributed by atoms with Gasteiger partial charge in [0.1, 0.15) is 0 Å². The number of nitrogens with one attached hydrogen (secondary N) is 1. The maximum absolute atomic E-state index is 12.6. The van der Waals surface area contributed by atoms with Crippen LogP contribution in [0.25, 0.3) is 10.6 Å². The lowest BCUT2D eigenvalue weighted by Crippen LogP contribution is -2.47. The number of amides is 1. The highest BCUT2D eigenvalue weighted by Crippen LogP contribution is 2.30. The van der Waals surface area contributed by atoms with Crippen molar-refractivity contribution in [2.45, 2.75) is 0 Å². The lowest BCUT2D eigenvalue weighted by Gasteiger charge is -2.32. The van der Waals surface area contributed by atoms with E-state index in [1.807, 2.05) is 47.4 Å². The van der Waals surface area contributed by atoms with Crippen LogP contribution < -0.4 is 5.32 Å². The SMILES string of the molecule is CN1CCN(C(=O)c2ccc(Nc3nccc(-c4ccc(Br)s4)n3)cc2)CC1. The zero-order valence-corrected chi connectivity index (χ0v) is 17.8. The van der Waals surface area contributed by atoms with E-state index >= 15 is 0 Å². The number of rotatable bonds is 4. The monoisotopic (exact) mass is 457 g/mol. The van der Waals surface area contributed by atoms with Crippen LogP contribution in [0.2, 0.25) is 0 Å². The van der Waals surface area contributed by atoms with Crippen LogP contribution in [-0.4, -0.2) is 58.9 Å². The second-order valence-electron chi connectivity index (χ2n) is 6.67. The van der Waals surface area contributed by atoms with Gasteiger partial charge in [0.25, 0.3) is 5.91 Å². The summed E-state index contributed by atoms with van der Waals surface area (Å²) in [7, 11) is 2.08. The lowest BCUT2D eigenvalue weighted by molar-refractivity contribution is 0.0664. The summed E-state index contributed by atoms with van der Waals surface area (Å²) in [6.45, 7) is 3.38. The number of benzene rings is 1. The molecule has 1 saturated heterocycles. The Morgan fingerprint density at radius 2 is 1.82 bits per heavy atom. The molecule has 3 aromatic rings. The number of nitrogens with zero attached hydrogens (tertiary/aromatic N) is 4. The average Bonchev–Trinajstić information content (AvgIpc) is 3.15. The second kappa shape index (κ2) is 8.38. The molecule has 1 aliphatic heterocycles. The van der Waals surface area contributed by atoms with Gasteiger partial charge in [-0.25, -0.2) is 9.97 Å². The first-order chi connectivity index (χ1) is 13.6. The van der Waals surface area contributed by atoms with E-state index in [0.29, 0.717) is 11.5 Å². The average molecular weight is 458 g/mol. The topological polar surface area (TPSA) is 61.4 Å². The molecule has 0 atom stereocenters. The van der Waals surface area contributed by atoms with Crippen LogP contribution in [0.1, 0.15) is 10.4 Å².